The van der Waals surface area contributed by atoms with E-state index in [-0.39, 0.29) is 5.41 Å². The van der Waals surface area contributed by atoms with Crippen LogP contribution in [-0.4, -0.2) is 15.7 Å². The highest BCUT2D eigenvalue weighted by atomic mass is 16.1. The van der Waals surface area contributed by atoms with Crippen LogP contribution in [-0.2, 0) is 5.41 Å². The molecule has 0 bridgehead atoms. The highest BCUT2D eigenvalue weighted by Gasteiger charge is 2.19. The summed E-state index contributed by atoms with van der Waals surface area (Å²) in [6, 6.07) is 3.71. The summed E-state index contributed by atoms with van der Waals surface area (Å²) in [5.41, 5.74) is 1.67. The van der Waals surface area contributed by atoms with Crippen LogP contribution in [0.25, 0.3) is 5.52 Å². The molecule has 2 aromatic rings. The first-order chi connectivity index (χ1) is 7.02. The molecule has 0 aliphatic rings. The van der Waals surface area contributed by atoms with Gasteiger partial charge in [-0.2, -0.15) is 0 Å². The van der Waals surface area contributed by atoms with Crippen molar-refractivity contribution in [1.29, 1.82) is 0 Å². The van der Waals surface area contributed by atoms with Crippen LogP contribution in [0.15, 0.2) is 24.5 Å². The van der Waals surface area contributed by atoms with E-state index in [9.17, 15) is 4.79 Å². The molecule has 0 aromatic carbocycles. The van der Waals surface area contributed by atoms with Crippen LogP contribution in [0, 0.1) is 0 Å². The highest BCUT2D eigenvalue weighted by molar-refractivity contribution is 5.75. The van der Waals surface area contributed by atoms with Gasteiger partial charge in [-0.25, -0.2) is 4.98 Å². The molecular weight excluding hydrogens is 188 g/mol. The molecule has 3 nitrogen and oxygen atoms in total. The molecule has 0 aliphatic carbocycles. The number of aromatic nitrogens is 2. The minimum Gasteiger partial charge on any atom is -0.303 e. The lowest BCUT2D eigenvalue weighted by Crippen LogP contribution is -2.15. The summed E-state index contributed by atoms with van der Waals surface area (Å²) in [5.74, 6) is 0.973. The van der Waals surface area contributed by atoms with Crippen molar-refractivity contribution in [1.82, 2.24) is 9.38 Å². The molecule has 2 heterocycles. The second kappa shape index (κ2) is 3.19. The fourth-order valence-electron chi connectivity index (χ4n) is 1.63. The number of fused-ring (bicyclic) bond motifs is 1. The summed E-state index contributed by atoms with van der Waals surface area (Å²) < 4.78 is 1.98. The van der Waals surface area contributed by atoms with E-state index in [2.05, 4.69) is 25.8 Å². The maximum Gasteiger partial charge on any atom is 0.151 e. The van der Waals surface area contributed by atoms with Crippen LogP contribution in [0.3, 0.4) is 0 Å². The van der Waals surface area contributed by atoms with E-state index in [1.165, 1.54) is 0 Å². The smallest absolute Gasteiger partial charge is 0.151 e. The number of imidazole rings is 1. The molecule has 0 amide bonds. The van der Waals surface area contributed by atoms with E-state index in [1.54, 1.807) is 6.07 Å². The lowest BCUT2D eigenvalue weighted by atomic mass is 9.96. The van der Waals surface area contributed by atoms with Crippen molar-refractivity contribution in [2.75, 3.05) is 0 Å². The van der Waals surface area contributed by atoms with Crippen LogP contribution in [0.5, 0.6) is 0 Å². The highest BCUT2D eigenvalue weighted by Crippen LogP contribution is 2.22. The van der Waals surface area contributed by atoms with Crippen molar-refractivity contribution < 1.29 is 4.79 Å². The Labute approximate surface area is 88.8 Å². The maximum atomic E-state index is 10.7. The summed E-state index contributed by atoms with van der Waals surface area (Å²) in [7, 11) is 0. The predicted molar refractivity (Wildman–Crippen MR) is 59.3 cm³/mol. The fraction of sp³-hybridized carbons (Fsp3) is 0.333. The van der Waals surface area contributed by atoms with E-state index in [0.29, 0.717) is 5.56 Å². The predicted octanol–water partition coefficient (Wildman–Crippen LogP) is 2.44. The molecule has 0 unspecified atom stereocenters. The Bertz CT molecular complexity index is 506. The quantitative estimate of drug-likeness (QED) is 0.666. The van der Waals surface area contributed by atoms with Gasteiger partial charge >= 0.3 is 0 Å². The molecule has 15 heavy (non-hydrogen) atoms. The van der Waals surface area contributed by atoms with Crippen LogP contribution in [0.2, 0.25) is 0 Å². The minimum absolute atomic E-state index is 0.0199. The zero-order chi connectivity index (χ0) is 11.1. The first kappa shape index (κ1) is 9.90. The van der Waals surface area contributed by atoms with Crippen LogP contribution in [0.1, 0.15) is 37.0 Å². The average molecular weight is 202 g/mol. The molecule has 0 fully saturated rings. The van der Waals surface area contributed by atoms with Gasteiger partial charge in [0.05, 0.1) is 11.7 Å². The number of hydrogen-bond donors (Lipinski definition) is 0. The van der Waals surface area contributed by atoms with E-state index in [1.807, 2.05) is 22.9 Å². The lowest BCUT2D eigenvalue weighted by molar-refractivity contribution is 0.112. The minimum atomic E-state index is -0.0199. The molecule has 0 N–H and O–H groups in total. The monoisotopic (exact) mass is 202 g/mol. The first-order valence-corrected chi connectivity index (χ1v) is 4.95. The maximum absolute atomic E-state index is 10.7. The number of nitrogens with zero attached hydrogens (tertiary/aromatic N) is 2. The second-order valence-corrected chi connectivity index (χ2v) is 4.71. The molecular formula is C12H14N2O. The molecule has 78 valence electrons. The molecule has 0 saturated carbocycles. The Morgan fingerprint density at radius 2 is 2.07 bits per heavy atom. The fourth-order valence-corrected chi connectivity index (χ4v) is 1.63. The Morgan fingerprint density at radius 3 is 2.67 bits per heavy atom. The van der Waals surface area contributed by atoms with E-state index in [0.717, 1.165) is 17.6 Å². The Morgan fingerprint density at radius 1 is 1.33 bits per heavy atom. The van der Waals surface area contributed by atoms with Gasteiger partial charge in [-0.15, -0.1) is 0 Å². The summed E-state index contributed by atoms with van der Waals surface area (Å²) in [5, 5.41) is 0. The normalized spacial score (nSPS) is 11.9. The van der Waals surface area contributed by atoms with Gasteiger partial charge in [0.25, 0.3) is 0 Å². The number of carbonyl (C=O) groups excluding carboxylic acids is 1. The molecule has 0 saturated heterocycles. The van der Waals surface area contributed by atoms with Gasteiger partial charge in [0, 0.05) is 17.2 Å². The number of hydrogen-bond acceptors (Lipinski definition) is 2. The molecule has 0 radical (unpaired) electrons. The molecule has 2 rings (SSSR count). The summed E-state index contributed by atoms with van der Waals surface area (Å²) in [6.07, 6.45) is 4.51. The molecule has 0 spiro atoms. The molecule has 0 atom stereocenters. The Balaban J connectivity index is 2.72. The first-order valence-electron chi connectivity index (χ1n) is 4.95. The van der Waals surface area contributed by atoms with Gasteiger partial charge in [0.2, 0.25) is 0 Å². The number of carbonyl (C=O) groups is 1. The second-order valence-electron chi connectivity index (χ2n) is 4.71. The average Bonchev–Trinajstić information content (AvgIpc) is 2.59. The van der Waals surface area contributed by atoms with E-state index in [4.69, 9.17) is 0 Å². The van der Waals surface area contributed by atoms with Crippen molar-refractivity contribution in [2.45, 2.75) is 26.2 Å². The van der Waals surface area contributed by atoms with Crippen LogP contribution in [0.4, 0.5) is 0 Å². The lowest BCUT2D eigenvalue weighted by Gasteiger charge is -2.16. The number of aldehydes is 1. The van der Waals surface area contributed by atoms with Crippen molar-refractivity contribution in [3.8, 4) is 0 Å². The summed E-state index contributed by atoms with van der Waals surface area (Å²) >= 11 is 0. The summed E-state index contributed by atoms with van der Waals surface area (Å²) in [6.45, 7) is 6.32. The third-order valence-electron chi connectivity index (χ3n) is 2.36. The van der Waals surface area contributed by atoms with E-state index < -0.39 is 0 Å². The number of pyridine rings is 1. The number of rotatable bonds is 1. The van der Waals surface area contributed by atoms with Crippen molar-refractivity contribution >= 4 is 11.8 Å². The topological polar surface area (TPSA) is 34.4 Å². The van der Waals surface area contributed by atoms with Gasteiger partial charge in [0.15, 0.2) is 6.29 Å². The van der Waals surface area contributed by atoms with Gasteiger partial charge in [-0.1, -0.05) is 20.8 Å². The van der Waals surface area contributed by atoms with Gasteiger partial charge in [-0.05, 0) is 12.1 Å². The zero-order valence-electron chi connectivity index (χ0n) is 9.19. The molecule has 0 aliphatic heterocycles. The van der Waals surface area contributed by atoms with Gasteiger partial charge in [-0.3, -0.25) is 4.79 Å². The van der Waals surface area contributed by atoms with Crippen molar-refractivity contribution in [3.05, 3.63) is 35.9 Å². The van der Waals surface area contributed by atoms with E-state index >= 15 is 0 Å². The third kappa shape index (κ3) is 1.65. The third-order valence-corrected chi connectivity index (χ3v) is 2.36. The Kier molecular flexibility index (Phi) is 2.11. The molecule has 3 heteroatoms. The largest absolute Gasteiger partial charge is 0.303 e. The van der Waals surface area contributed by atoms with Crippen molar-refractivity contribution in [3.63, 3.8) is 0 Å². The van der Waals surface area contributed by atoms with Crippen LogP contribution < -0.4 is 0 Å². The summed E-state index contributed by atoms with van der Waals surface area (Å²) in [4.78, 5) is 15.1. The van der Waals surface area contributed by atoms with Crippen LogP contribution >= 0.6 is 0 Å². The zero-order valence-corrected chi connectivity index (χ0v) is 9.19. The molecule has 2 aromatic heterocycles. The standard InChI is InChI=1S/C12H14N2O/c1-12(2,3)11-13-6-10-5-4-9(8-15)7-14(10)11/h4-8H,1-3H3. The SMILES string of the molecule is CC(C)(C)c1ncc2ccc(C=O)cn12. The van der Waals surface area contributed by atoms with Gasteiger partial charge < -0.3 is 4.40 Å². The van der Waals surface area contributed by atoms with Crippen molar-refractivity contribution in [2.24, 2.45) is 0 Å². The Hall–Kier alpha value is -1.64. The van der Waals surface area contributed by atoms with Gasteiger partial charge in [0.1, 0.15) is 5.82 Å².